The van der Waals surface area contributed by atoms with Crippen LogP contribution in [-0.2, 0) is 4.79 Å². The van der Waals surface area contributed by atoms with Gasteiger partial charge in [0.25, 0.3) is 5.56 Å². The van der Waals surface area contributed by atoms with Gasteiger partial charge in [0.05, 0.1) is 21.9 Å². The van der Waals surface area contributed by atoms with E-state index >= 15 is 0 Å². The molecule has 3 N–H and O–H groups in total. The Morgan fingerprint density at radius 1 is 1.00 bits per heavy atom. The van der Waals surface area contributed by atoms with E-state index in [1.165, 1.54) is 23.9 Å². The molecule has 0 atom stereocenters. The van der Waals surface area contributed by atoms with E-state index in [1.54, 1.807) is 12.3 Å². The minimum absolute atomic E-state index is 0.257. The van der Waals surface area contributed by atoms with Crippen molar-refractivity contribution < 1.29 is 27.5 Å². The molecule has 0 aliphatic heterocycles. The van der Waals surface area contributed by atoms with Gasteiger partial charge >= 0.3 is 12.1 Å². The molecule has 3 aromatic carbocycles. The van der Waals surface area contributed by atoms with E-state index in [1.807, 2.05) is 36.5 Å². The topological polar surface area (TPSA) is 112 Å². The lowest BCUT2D eigenvalue weighted by Gasteiger charge is -2.05. The van der Waals surface area contributed by atoms with E-state index in [-0.39, 0.29) is 5.56 Å². The second-order valence-electron chi connectivity index (χ2n) is 7.82. The van der Waals surface area contributed by atoms with Crippen LogP contribution in [0.25, 0.3) is 43.5 Å². The van der Waals surface area contributed by atoms with Gasteiger partial charge in [0, 0.05) is 38.8 Å². The number of aliphatic carboxylic acids is 1. The van der Waals surface area contributed by atoms with Gasteiger partial charge in [-0.3, -0.25) is 9.78 Å². The Bertz CT molecular complexity index is 1880. The van der Waals surface area contributed by atoms with Crippen molar-refractivity contribution in [2.75, 3.05) is 0 Å². The van der Waals surface area contributed by atoms with Crippen LogP contribution in [0.15, 0.2) is 81.8 Å². The molecule has 37 heavy (non-hydrogen) atoms. The molecular weight excluding hydrogens is 512 g/mol. The minimum Gasteiger partial charge on any atom is -0.475 e. The number of pyridine rings is 2. The van der Waals surface area contributed by atoms with Crippen LogP contribution in [-0.4, -0.2) is 37.2 Å². The molecule has 0 spiro atoms. The van der Waals surface area contributed by atoms with E-state index in [0.717, 1.165) is 26.7 Å². The first-order chi connectivity index (χ1) is 17.6. The predicted molar refractivity (Wildman–Crippen MR) is 131 cm³/mol. The number of carboxylic acid groups (broad SMARTS) is 1. The number of hydrogen-bond donors (Lipinski definition) is 3. The van der Waals surface area contributed by atoms with Gasteiger partial charge in [0.2, 0.25) is 0 Å². The summed E-state index contributed by atoms with van der Waals surface area (Å²) in [5, 5.41) is 11.3. The summed E-state index contributed by atoms with van der Waals surface area (Å²) in [6.45, 7) is 0. The summed E-state index contributed by atoms with van der Waals surface area (Å²) in [6.07, 6.45) is -1.67. The zero-order valence-corrected chi connectivity index (χ0v) is 19.2. The van der Waals surface area contributed by atoms with Crippen LogP contribution in [0.2, 0.25) is 0 Å². The predicted octanol–water partition coefficient (Wildman–Crippen LogP) is 6.03. The van der Waals surface area contributed by atoms with E-state index in [4.69, 9.17) is 14.9 Å². The lowest BCUT2D eigenvalue weighted by molar-refractivity contribution is -0.192. The van der Waals surface area contributed by atoms with Gasteiger partial charge in [-0.05, 0) is 36.4 Å². The molecule has 0 saturated carbocycles. The van der Waals surface area contributed by atoms with E-state index in [0.29, 0.717) is 26.8 Å². The van der Waals surface area contributed by atoms with Crippen molar-refractivity contribution in [3.63, 3.8) is 0 Å². The number of benzene rings is 3. The number of halogens is 4. The van der Waals surface area contributed by atoms with Gasteiger partial charge in [0.15, 0.2) is 5.16 Å². The van der Waals surface area contributed by atoms with Gasteiger partial charge in [-0.2, -0.15) is 13.2 Å². The van der Waals surface area contributed by atoms with Crippen LogP contribution in [0, 0.1) is 5.82 Å². The average molecular weight is 526 g/mol. The Hall–Kier alpha value is -4.45. The molecule has 0 saturated heterocycles. The molecule has 12 heteroatoms. The highest BCUT2D eigenvalue weighted by molar-refractivity contribution is 7.99. The van der Waals surface area contributed by atoms with Gasteiger partial charge in [-0.1, -0.05) is 30.0 Å². The average Bonchev–Trinajstić information content (AvgIpc) is 3.27. The summed E-state index contributed by atoms with van der Waals surface area (Å²) in [5.74, 6) is -3.15. The summed E-state index contributed by atoms with van der Waals surface area (Å²) in [6, 6.07) is 16.3. The summed E-state index contributed by atoms with van der Waals surface area (Å²) in [5.41, 5.74) is 2.14. The molecule has 0 radical (unpaired) electrons. The fourth-order valence-electron chi connectivity index (χ4n) is 3.89. The molecule has 7 nitrogen and oxygen atoms in total. The number of H-pyrrole nitrogens is 2. The van der Waals surface area contributed by atoms with Gasteiger partial charge < -0.3 is 15.1 Å². The Kier molecular flexibility index (Phi) is 6.04. The number of carboxylic acids is 1. The highest BCUT2D eigenvalue weighted by Gasteiger charge is 2.38. The molecule has 0 aliphatic carbocycles. The Labute approximate surface area is 208 Å². The second-order valence-corrected chi connectivity index (χ2v) is 8.88. The first kappa shape index (κ1) is 24.3. The highest BCUT2D eigenvalue weighted by Crippen LogP contribution is 2.35. The third kappa shape index (κ3) is 4.70. The zero-order valence-electron chi connectivity index (χ0n) is 18.4. The van der Waals surface area contributed by atoms with Crippen molar-refractivity contribution >= 4 is 61.2 Å². The van der Waals surface area contributed by atoms with Gasteiger partial charge in [0.1, 0.15) is 5.82 Å². The van der Waals surface area contributed by atoms with Crippen LogP contribution in [0.3, 0.4) is 0 Å². The number of hydrogen-bond acceptors (Lipinski definition) is 5. The fraction of sp³-hybridized carbons (Fsp3) is 0.0400. The van der Waals surface area contributed by atoms with Crippen LogP contribution >= 0.6 is 11.8 Å². The Morgan fingerprint density at radius 3 is 2.51 bits per heavy atom. The molecule has 3 aromatic heterocycles. The fourth-order valence-corrected chi connectivity index (χ4v) is 4.70. The number of fused-ring (bicyclic) bond motifs is 7. The van der Waals surface area contributed by atoms with Crippen LogP contribution in [0.5, 0.6) is 0 Å². The number of para-hydroxylation sites is 1. The second kappa shape index (κ2) is 9.21. The first-order valence-corrected chi connectivity index (χ1v) is 11.4. The maximum atomic E-state index is 14.0. The van der Waals surface area contributed by atoms with Crippen LogP contribution in [0.1, 0.15) is 0 Å². The third-order valence-corrected chi connectivity index (χ3v) is 6.29. The van der Waals surface area contributed by atoms with Gasteiger partial charge in [-0.25, -0.2) is 14.2 Å². The maximum Gasteiger partial charge on any atom is 0.490 e. The van der Waals surface area contributed by atoms with Crippen molar-refractivity contribution in [1.82, 2.24) is 19.9 Å². The first-order valence-electron chi connectivity index (χ1n) is 10.6. The van der Waals surface area contributed by atoms with Crippen LogP contribution < -0.4 is 5.56 Å². The largest absolute Gasteiger partial charge is 0.490 e. The number of aromatic amines is 2. The molecule has 6 rings (SSSR count). The SMILES string of the molecule is O=C(O)C(F)(F)F.O=c1[nH]ccc2c3[nH]c(Sc4cnc5ccccc5c4)nc3c3ccc(F)cc3c12. The lowest BCUT2D eigenvalue weighted by atomic mass is 10.0. The molecule has 0 bridgehead atoms. The Balaban J connectivity index is 0.000000355. The highest BCUT2D eigenvalue weighted by atomic mass is 32.2. The minimum atomic E-state index is -5.08. The number of alkyl halides is 3. The number of aromatic nitrogens is 4. The normalized spacial score (nSPS) is 11.7. The van der Waals surface area contributed by atoms with Crippen molar-refractivity contribution in [3.8, 4) is 0 Å². The van der Waals surface area contributed by atoms with E-state index in [9.17, 15) is 22.4 Å². The monoisotopic (exact) mass is 526 g/mol. The molecule has 0 unspecified atom stereocenters. The lowest BCUT2D eigenvalue weighted by Crippen LogP contribution is -2.21. The molecule has 0 fully saturated rings. The quantitative estimate of drug-likeness (QED) is 0.188. The van der Waals surface area contributed by atoms with Gasteiger partial charge in [-0.15, -0.1) is 0 Å². The number of nitrogens with one attached hydrogen (secondary N) is 2. The summed E-state index contributed by atoms with van der Waals surface area (Å²) >= 11 is 1.46. The van der Waals surface area contributed by atoms with Crippen LogP contribution in [0.4, 0.5) is 17.6 Å². The standard InChI is InChI=1S/C23H13FN4OS.C2HF3O2/c24-13-5-6-15-17(10-13)19-16(7-8-25-22(19)29)21-20(15)27-23(28-21)30-14-9-12-3-1-2-4-18(12)26-11-14;3-2(4,5)1(6)7/h1-11H,(H,25,29)(H,27,28);(H,6,7). The molecule has 3 heterocycles. The zero-order chi connectivity index (χ0) is 26.3. The van der Waals surface area contributed by atoms with E-state index in [2.05, 4.69) is 21.0 Å². The number of carbonyl (C=O) groups is 1. The molecule has 6 aromatic rings. The maximum absolute atomic E-state index is 14.0. The molecule has 186 valence electrons. The summed E-state index contributed by atoms with van der Waals surface area (Å²) in [7, 11) is 0. The van der Waals surface area contributed by atoms with Crippen molar-refractivity contribution in [3.05, 3.63) is 83.2 Å². The number of imidazole rings is 1. The number of nitrogens with zero attached hydrogens (tertiary/aromatic N) is 2. The van der Waals surface area contributed by atoms with Crippen molar-refractivity contribution in [2.45, 2.75) is 16.2 Å². The van der Waals surface area contributed by atoms with E-state index < -0.39 is 18.0 Å². The molecular formula is C25H14F4N4O3S. The number of rotatable bonds is 2. The smallest absolute Gasteiger partial charge is 0.475 e. The molecule has 0 amide bonds. The third-order valence-electron chi connectivity index (χ3n) is 5.44. The van der Waals surface area contributed by atoms with Crippen molar-refractivity contribution in [2.24, 2.45) is 0 Å². The summed E-state index contributed by atoms with van der Waals surface area (Å²) < 4.78 is 45.7. The summed E-state index contributed by atoms with van der Waals surface area (Å²) in [4.78, 5) is 37.7. The van der Waals surface area contributed by atoms with Crippen molar-refractivity contribution in [1.29, 1.82) is 0 Å². The Morgan fingerprint density at radius 2 is 1.76 bits per heavy atom. The molecule has 0 aliphatic rings.